The van der Waals surface area contributed by atoms with Crippen molar-refractivity contribution in [3.8, 4) is 11.5 Å². The number of benzene rings is 1. The lowest BCUT2D eigenvalue weighted by Gasteiger charge is -2.36. The molecule has 0 aromatic heterocycles. The molecule has 1 heterocycles. The fourth-order valence-electron chi connectivity index (χ4n) is 2.84. The smallest absolute Gasteiger partial charge is 0.257 e. The highest BCUT2D eigenvalue weighted by molar-refractivity contribution is 5.97. The van der Waals surface area contributed by atoms with Crippen molar-refractivity contribution in [2.45, 2.75) is 25.8 Å². The minimum Gasteiger partial charge on any atom is -0.504 e. The maximum Gasteiger partial charge on any atom is 0.257 e. The number of rotatable bonds is 4. The summed E-state index contributed by atoms with van der Waals surface area (Å²) in [6.07, 6.45) is 1.95. The summed E-state index contributed by atoms with van der Waals surface area (Å²) >= 11 is 0. The molecular weight excluding hydrogens is 268 g/mol. The van der Waals surface area contributed by atoms with Crippen LogP contribution in [-0.2, 0) is 0 Å². The van der Waals surface area contributed by atoms with E-state index < -0.39 is 0 Å². The first-order valence-corrected chi connectivity index (χ1v) is 7.44. The number of phenolic OH excluding ortho intramolecular Hbond substituents is 1. The van der Waals surface area contributed by atoms with Gasteiger partial charge in [0, 0.05) is 26.2 Å². The molecule has 21 heavy (non-hydrogen) atoms. The van der Waals surface area contributed by atoms with Gasteiger partial charge in [-0.05, 0) is 31.5 Å². The summed E-state index contributed by atoms with van der Waals surface area (Å²) in [4.78, 5) is 16.7. The molecule has 1 aliphatic rings. The molecule has 1 aromatic rings. The molecule has 1 aliphatic heterocycles. The van der Waals surface area contributed by atoms with E-state index in [1.54, 1.807) is 23.1 Å². The van der Waals surface area contributed by atoms with Crippen LogP contribution in [0, 0.1) is 0 Å². The van der Waals surface area contributed by atoms with Crippen molar-refractivity contribution in [2.24, 2.45) is 0 Å². The number of hydrogen-bond acceptors (Lipinski definition) is 4. The third-order valence-electron chi connectivity index (χ3n) is 4.32. The molecular formula is C16H24N2O3. The fourth-order valence-corrected chi connectivity index (χ4v) is 2.84. The van der Waals surface area contributed by atoms with Crippen LogP contribution in [-0.4, -0.2) is 60.6 Å². The second-order valence-electron chi connectivity index (χ2n) is 5.44. The van der Waals surface area contributed by atoms with E-state index >= 15 is 0 Å². The lowest BCUT2D eigenvalue weighted by molar-refractivity contribution is 0.0643. The van der Waals surface area contributed by atoms with Crippen molar-refractivity contribution in [2.75, 3.05) is 33.8 Å². The van der Waals surface area contributed by atoms with Gasteiger partial charge in [0.2, 0.25) is 0 Å². The van der Waals surface area contributed by atoms with Gasteiger partial charge in [-0.2, -0.15) is 0 Å². The first kappa shape index (κ1) is 15.6. The number of carbonyl (C=O) groups excluding carboxylic acids is 1. The number of carbonyl (C=O) groups is 1. The Kier molecular flexibility index (Phi) is 5.07. The zero-order valence-electron chi connectivity index (χ0n) is 13.0. The summed E-state index contributed by atoms with van der Waals surface area (Å²) in [5.41, 5.74) is 0.301. The third-order valence-corrected chi connectivity index (χ3v) is 4.32. The van der Waals surface area contributed by atoms with E-state index in [9.17, 15) is 9.90 Å². The Morgan fingerprint density at radius 1 is 1.43 bits per heavy atom. The number of aromatic hydroxyl groups is 1. The maximum atomic E-state index is 12.6. The topological polar surface area (TPSA) is 53.0 Å². The van der Waals surface area contributed by atoms with E-state index in [-0.39, 0.29) is 17.7 Å². The van der Waals surface area contributed by atoms with Gasteiger partial charge in [-0.15, -0.1) is 0 Å². The van der Waals surface area contributed by atoms with Crippen molar-refractivity contribution < 1.29 is 14.6 Å². The zero-order chi connectivity index (χ0) is 15.4. The van der Waals surface area contributed by atoms with Gasteiger partial charge in [-0.1, -0.05) is 13.0 Å². The molecule has 1 N–H and O–H groups in total. The van der Waals surface area contributed by atoms with Crippen molar-refractivity contribution in [1.82, 2.24) is 9.80 Å². The molecule has 1 amide bonds. The number of piperidine rings is 1. The minimum atomic E-state index is -0.152. The molecule has 116 valence electrons. The largest absolute Gasteiger partial charge is 0.504 e. The van der Waals surface area contributed by atoms with E-state index in [1.807, 2.05) is 7.05 Å². The van der Waals surface area contributed by atoms with Gasteiger partial charge in [0.25, 0.3) is 5.91 Å². The predicted molar refractivity (Wildman–Crippen MR) is 81.9 cm³/mol. The van der Waals surface area contributed by atoms with Crippen molar-refractivity contribution in [3.05, 3.63) is 23.8 Å². The van der Waals surface area contributed by atoms with E-state index in [2.05, 4.69) is 11.8 Å². The molecule has 1 aromatic carbocycles. The van der Waals surface area contributed by atoms with Crippen LogP contribution in [0.2, 0.25) is 0 Å². The molecule has 1 saturated heterocycles. The van der Waals surface area contributed by atoms with Crippen LogP contribution in [0.1, 0.15) is 30.1 Å². The van der Waals surface area contributed by atoms with Gasteiger partial charge < -0.3 is 19.6 Å². The Bertz CT molecular complexity index is 496. The first-order valence-electron chi connectivity index (χ1n) is 7.44. The molecule has 2 rings (SSSR count). The molecule has 0 unspecified atom stereocenters. The Balaban J connectivity index is 2.09. The number of amides is 1. The second kappa shape index (κ2) is 6.80. The van der Waals surface area contributed by atoms with Gasteiger partial charge in [-0.3, -0.25) is 4.79 Å². The Hall–Kier alpha value is -1.75. The third kappa shape index (κ3) is 3.29. The average Bonchev–Trinajstić information content (AvgIpc) is 2.54. The number of likely N-dealkylation sites (tertiary alicyclic amines) is 1. The molecule has 0 atom stereocenters. The van der Waals surface area contributed by atoms with E-state index in [4.69, 9.17) is 4.74 Å². The maximum absolute atomic E-state index is 12.6. The summed E-state index contributed by atoms with van der Waals surface area (Å²) in [5.74, 6) is 0.0965. The highest BCUT2D eigenvalue weighted by Gasteiger charge is 2.27. The average molecular weight is 292 g/mol. The number of nitrogens with zero attached hydrogens (tertiary/aromatic N) is 2. The Labute approximate surface area is 126 Å². The van der Waals surface area contributed by atoms with Gasteiger partial charge in [0.05, 0.1) is 12.7 Å². The SMILES string of the molecule is CCN1CCC(N(C)C(=O)c2cccc(OC)c2O)CC1. The number of para-hydroxylation sites is 1. The van der Waals surface area contributed by atoms with Crippen LogP contribution in [0.25, 0.3) is 0 Å². The van der Waals surface area contributed by atoms with Crippen LogP contribution in [0.3, 0.4) is 0 Å². The van der Waals surface area contributed by atoms with E-state index in [0.717, 1.165) is 32.5 Å². The molecule has 0 saturated carbocycles. The number of methoxy groups -OCH3 is 1. The lowest BCUT2D eigenvalue weighted by atomic mass is 10.0. The minimum absolute atomic E-state index is 0.0807. The highest BCUT2D eigenvalue weighted by atomic mass is 16.5. The Morgan fingerprint density at radius 2 is 2.10 bits per heavy atom. The predicted octanol–water partition coefficient (Wildman–Crippen LogP) is 1.96. The van der Waals surface area contributed by atoms with Crippen molar-refractivity contribution in [3.63, 3.8) is 0 Å². The monoisotopic (exact) mass is 292 g/mol. The molecule has 0 aliphatic carbocycles. The first-order chi connectivity index (χ1) is 10.1. The van der Waals surface area contributed by atoms with Crippen LogP contribution in [0.5, 0.6) is 11.5 Å². The Morgan fingerprint density at radius 3 is 2.67 bits per heavy atom. The van der Waals surface area contributed by atoms with E-state index in [0.29, 0.717) is 11.3 Å². The summed E-state index contributed by atoms with van der Waals surface area (Å²) in [5, 5.41) is 10.1. The molecule has 1 fully saturated rings. The normalized spacial score (nSPS) is 16.7. The standard InChI is InChI=1S/C16H24N2O3/c1-4-18-10-8-12(9-11-18)17(2)16(20)13-6-5-7-14(21-3)15(13)19/h5-7,12,19H,4,8-11H2,1-3H3. The number of ether oxygens (including phenoxy) is 1. The number of hydrogen-bond donors (Lipinski definition) is 1. The summed E-state index contributed by atoms with van der Waals surface area (Å²) in [7, 11) is 3.29. The molecule has 5 nitrogen and oxygen atoms in total. The van der Waals surface area contributed by atoms with Gasteiger partial charge in [0.1, 0.15) is 0 Å². The van der Waals surface area contributed by atoms with Gasteiger partial charge in [-0.25, -0.2) is 0 Å². The fraction of sp³-hybridized carbons (Fsp3) is 0.562. The summed E-state index contributed by atoms with van der Waals surface area (Å²) < 4.78 is 5.06. The van der Waals surface area contributed by atoms with Crippen LogP contribution in [0.15, 0.2) is 18.2 Å². The van der Waals surface area contributed by atoms with Crippen LogP contribution >= 0.6 is 0 Å². The van der Waals surface area contributed by atoms with E-state index in [1.165, 1.54) is 7.11 Å². The number of phenols is 1. The lowest BCUT2D eigenvalue weighted by Crippen LogP contribution is -2.45. The zero-order valence-corrected chi connectivity index (χ0v) is 13.0. The van der Waals surface area contributed by atoms with Crippen molar-refractivity contribution >= 4 is 5.91 Å². The molecule has 0 radical (unpaired) electrons. The van der Waals surface area contributed by atoms with Gasteiger partial charge in [0.15, 0.2) is 11.5 Å². The summed E-state index contributed by atoms with van der Waals surface area (Å²) in [6, 6.07) is 5.23. The van der Waals surface area contributed by atoms with Crippen LogP contribution in [0.4, 0.5) is 0 Å². The quantitative estimate of drug-likeness (QED) is 0.921. The molecule has 0 spiro atoms. The highest BCUT2D eigenvalue weighted by Crippen LogP contribution is 2.31. The van der Waals surface area contributed by atoms with Crippen LogP contribution < -0.4 is 4.74 Å². The molecule has 0 bridgehead atoms. The van der Waals surface area contributed by atoms with Crippen molar-refractivity contribution in [1.29, 1.82) is 0 Å². The second-order valence-corrected chi connectivity index (χ2v) is 5.44. The molecule has 5 heteroatoms. The summed E-state index contributed by atoms with van der Waals surface area (Å²) in [6.45, 7) is 5.25. The van der Waals surface area contributed by atoms with Gasteiger partial charge >= 0.3 is 0 Å².